The molecule has 4 atom stereocenters. The maximum absolute atomic E-state index is 12.6. The summed E-state index contributed by atoms with van der Waals surface area (Å²) in [7, 11) is 0. The summed E-state index contributed by atoms with van der Waals surface area (Å²) < 4.78 is 11.9. The van der Waals surface area contributed by atoms with Crippen molar-refractivity contribution in [3.8, 4) is 0 Å². The molecule has 0 saturated carbocycles. The van der Waals surface area contributed by atoms with Crippen LogP contribution < -0.4 is 0 Å². The lowest BCUT2D eigenvalue weighted by atomic mass is 10.0. The third-order valence-corrected chi connectivity index (χ3v) is 9.12. The Morgan fingerprint density at radius 2 is 0.762 bits per heavy atom. The fraction of sp³-hybridized carbons (Fsp3) is 0.941. The molecule has 246 valence electrons. The summed E-state index contributed by atoms with van der Waals surface area (Å²) in [4.78, 5) is 34.6. The highest BCUT2D eigenvalue weighted by atomic mass is 16.5. The molecule has 2 amide bonds. The van der Waals surface area contributed by atoms with Crippen LogP contribution in [0.2, 0.25) is 0 Å². The Hall–Kier alpha value is -1.22. The Labute approximate surface area is 258 Å². The largest absolute Gasteiger partial charge is 0.381 e. The minimum absolute atomic E-state index is 0.196. The van der Waals surface area contributed by atoms with E-state index in [9.17, 15) is 9.59 Å². The molecule has 0 aliphatic carbocycles. The summed E-state index contributed by atoms with van der Waals surface area (Å²) in [5.41, 5.74) is 0. The van der Waals surface area contributed by atoms with E-state index in [2.05, 4.69) is 47.3 Å². The number of ether oxygens (including phenoxy) is 2. The second-order valence-corrected chi connectivity index (χ2v) is 13.7. The maximum atomic E-state index is 12.6. The molecule has 2 bridgehead atoms. The van der Waals surface area contributed by atoms with E-state index in [1.165, 1.54) is 0 Å². The van der Waals surface area contributed by atoms with Crippen molar-refractivity contribution in [2.45, 2.75) is 92.9 Å². The van der Waals surface area contributed by atoms with Gasteiger partial charge in [0.25, 0.3) is 0 Å². The van der Waals surface area contributed by atoms with E-state index in [4.69, 9.17) is 9.47 Å². The molecule has 0 spiro atoms. The highest BCUT2D eigenvalue weighted by Gasteiger charge is 2.21. The molecule has 0 N–H and O–H groups in total. The number of amides is 2. The summed E-state index contributed by atoms with van der Waals surface area (Å²) in [6.07, 6.45) is 8.50. The highest BCUT2D eigenvalue weighted by molar-refractivity contribution is 5.73. The summed E-state index contributed by atoms with van der Waals surface area (Å²) in [6, 6.07) is 0. The van der Waals surface area contributed by atoms with Gasteiger partial charge in [-0.15, -0.1) is 0 Å². The third kappa shape index (κ3) is 16.6. The van der Waals surface area contributed by atoms with Crippen molar-refractivity contribution < 1.29 is 19.1 Å². The monoisotopic (exact) mass is 595 g/mol. The Morgan fingerprint density at radius 1 is 0.476 bits per heavy atom. The summed E-state index contributed by atoms with van der Waals surface area (Å²) >= 11 is 0. The van der Waals surface area contributed by atoms with Gasteiger partial charge in [-0.05, 0) is 101 Å². The lowest BCUT2D eigenvalue weighted by molar-refractivity contribution is -0.130. The van der Waals surface area contributed by atoms with E-state index in [0.29, 0.717) is 23.7 Å². The second-order valence-electron chi connectivity index (χ2n) is 13.7. The third-order valence-electron chi connectivity index (χ3n) is 9.12. The number of carbonyl (C=O) groups is 2. The van der Waals surface area contributed by atoms with Crippen molar-refractivity contribution >= 4 is 11.8 Å². The lowest BCUT2D eigenvalue weighted by Gasteiger charge is -2.32. The first kappa shape index (κ1) is 37.0. The van der Waals surface area contributed by atoms with Gasteiger partial charge in [0.2, 0.25) is 11.8 Å². The zero-order chi connectivity index (χ0) is 30.7. The molecule has 0 aromatic rings. The molecular weight excluding hydrogens is 528 g/mol. The average Bonchev–Trinajstić information content (AvgIpc) is 2.93. The number of nitrogens with zero attached hydrogens (tertiary/aromatic N) is 4. The van der Waals surface area contributed by atoms with Gasteiger partial charge in [-0.2, -0.15) is 0 Å². The Morgan fingerprint density at radius 3 is 1.05 bits per heavy atom. The first-order valence-corrected chi connectivity index (χ1v) is 17.2. The maximum Gasteiger partial charge on any atom is 0.219 e. The standard InChI is InChI=1S/C34H66N4O4/c1-29-11-17-35-15-9-23-41-21-7-8-22-42-24-10-16-36(19-13-30(2)26-37(25-29)33(5)39)20-14-32(4)28-38(34(6)40)27-31(3)12-18-35/h29-32H,7-28H2,1-6H3. The molecule has 3 heterocycles. The Balaban J connectivity index is 2.24. The minimum atomic E-state index is 0.196. The highest BCUT2D eigenvalue weighted by Crippen LogP contribution is 2.16. The van der Waals surface area contributed by atoms with Gasteiger partial charge in [-0.3, -0.25) is 9.59 Å². The van der Waals surface area contributed by atoms with Crippen molar-refractivity contribution in [1.82, 2.24) is 19.6 Å². The smallest absolute Gasteiger partial charge is 0.219 e. The number of hydrogen-bond acceptors (Lipinski definition) is 6. The van der Waals surface area contributed by atoms with Crippen LogP contribution >= 0.6 is 0 Å². The van der Waals surface area contributed by atoms with E-state index in [1.807, 2.05) is 0 Å². The van der Waals surface area contributed by atoms with E-state index in [-0.39, 0.29) is 11.8 Å². The van der Waals surface area contributed by atoms with Crippen LogP contribution in [0.25, 0.3) is 0 Å². The summed E-state index contributed by atoms with van der Waals surface area (Å²) in [5, 5.41) is 0. The first-order valence-electron chi connectivity index (χ1n) is 17.2. The molecule has 3 rings (SSSR count). The molecule has 4 unspecified atom stereocenters. The Bertz CT molecular complexity index is 646. The zero-order valence-corrected chi connectivity index (χ0v) is 28.3. The van der Waals surface area contributed by atoms with Crippen LogP contribution in [0.5, 0.6) is 0 Å². The SMILES string of the molecule is CC(=O)N1CC(C)CCN2CCCOCCCCOCCCN(CCC(C)C1)CCC(C)CN(C(C)=O)CC(C)CC2. The molecule has 8 nitrogen and oxygen atoms in total. The molecule has 0 aromatic heterocycles. The molecule has 3 fully saturated rings. The minimum Gasteiger partial charge on any atom is -0.381 e. The van der Waals surface area contributed by atoms with Crippen molar-refractivity contribution in [3.63, 3.8) is 0 Å². The van der Waals surface area contributed by atoms with Crippen LogP contribution in [0.15, 0.2) is 0 Å². The molecule has 8 heteroatoms. The van der Waals surface area contributed by atoms with Crippen molar-refractivity contribution in [3.05, 3.63) is 0 Å². The van der Waals surface area contributed by atoms with Crippen LogP contribution in [0, 0.1) is 23.7 Å². The number of hydrogen-bond donors (Lipinski definition) is 0. The van der Waals surface area contributed by atoms with Gasteiger partial charge in [0.15, 0.2) is 0 Å². The normalized spacial score (nSPS) is 32.2. The van der Waals surface area contributed by atoms with Gasteiger partial charge < -0.3 is 29.1 Å². The lowest BCUT2D eigenvalue weighted by Crippen LogP contribution is -2.40. The molecular formula is C34H66N4O4. The van der Waals surface area contributed by atoms with Gasteiger partial charge in [0, 0.05) is 79.5 Å². The van der Waals surface area contributed by atoms with Crippen LogP contribution in [-0.2, 0) is 19.1 Å². The predicted octanol–water partition coefficient (Wildman–Crippen LogP) is 5.01. The summed E-state index contributed by atoms with van der Waals surface area (Å²) in [5.74, 6) is 2.21. The van der Waals surface area contributed by atoms with E-state index in [0.717, 1.165) is 143 Å². The zero-order valence-electron chi connectivity index (χ0n) is 28.3. The van der Waals surface area contributed by atoms with Crippen molar-refractivity contribution in [1.29, 1.82) is 0 Å². The molecule has 3 aliphatic rings. The van der Waals surface area contributed by atoms with Gasteiger partial charge >= 0.3 is 0 Å². The van der Waals surface area contributed by atoms with E-state index >= 15 is 0 Å². The fourth-order valence-corrected chi connectivity index (χ4v) is 6.21. The van der Waals surface area contributed by atoms with Crippen LogP contribution in [0.1, 0.15) is 92.9 Å². The molecule has 0 radical (unpaired) electrons. The van der Waals surface area contributed by atoms with E-state index < -0.39 is 0 Å². The number of carbonyl (C=O) groups excluding carboxylic acids is 2. The van der Waals surface area contributed by atoms with Gasteiger partial charge in [-0.1, -0.05) is 27.7 Å². The molecule has 3 saturated heterocycles. The topological polar surface area (TPSA) is 65.6 Å². The summed E-state index contributed by atoms with van der Waals surface area (Å²) in [6.45, 7) is 25.4. The van der Waals surface area contributed by atoms with Gasteiger partial charge in [0.1, 0.15) is 0 Å². The average molecular weight is 595 g/mol. The van der Waals surface area contributed by atoms with Crippen LogP contribution in [0.4, 0.5) is 0 Å². The molecule has 42 heavy (non-hydrogen) atoms. The fourth-order valence-electron chi connectivity index (χ4n) is 6.21. The number of rotatable bonds is 0. The van der Waals surface area contributed by atoms with Crippen molar-refractivity contribution in [2.24, 2.45) is 23.7 Å². The van der Waals surface area contributed by atoms with Gasteiger partial charge in [0.05, 0.1) is 0 Å². The molecule has 0 aromatic carbocycles. The molecule has 3 aliphatic heterocycles. The number of fused-ring (bicyclic) bond motifs is 27. The quantitative estimate of drug-likeness (QED) is 0.393. The first-order chi connectivity index (χ1) is 20.1. The second kappa shape index (κ2) is 21.5. The Kier molecular flexibility index (Phi) is 18.9. The predicted molar refractivity (Wildman–Crippen MR) is 173 cm³/mol. The van der Waals surface area contributed by atoms with Gasteiger partial charge in [-0.25, -0.2) is 0 Å². The van der Waals surface area contributed by atoms with E-state index in [1.54, 1.807) is 13.8 Å². The van der Waals surface area contributed by atoms with Crippen molar-refractivity contribution in [2.75, 3.05) is 91.9 Å². The van der Waals surface area contributed by atoms with Crippen LogP contribution in [0.3, 0.4) is 0 Å². The van der Waals surface area contributed by atoms with Crippen LogP contribution in [-0.4, -0.2) is 123 Å².